The first-order chi connectivity index (χ1) is 27.0. The average Bonchev–Trinajstić information content (AvgIpc) is 3.95. The van der Waals surface area contributed by atoms with Crippen LogP contribution in [0.4, 0.5) is 17.1 Å². The number of hydrogen-bond donors (Lipinski definition) is 0. The van der Waals surface area contributed by atoms with Crippen molar-refractivity contribution >= 4 is 82.9 Å². The Morgan fingerprint density at radius 1 is 0.382 bits per heavy atom. The summed E-state index contributed by atoms with van der Waals surface area (Å²) < 4.78 is 19.8. The van der Waals surface area contributed by atoms with E-state index in [9.17, 15) is 0 Å². The molecule has 0 N–H and O–H groups in total. The van der Waals surface area contributed by atoms with Crippen LogP contribution >= 0.6 is 0 Å². The van der Waals surface area contributed by atoms with E-state index in [-0.39, 0.29) is 5.41 Å². The molecule has 0 radical (unpaired) electrons. The van der Waals surface area contributed by atoms with Crippen molar-refractivity contribution in [3.63, 3.8) is 0 Å². The number of fused-ring (bicyclic) bond motifs is 12. The zero-order valence-corrected chi connectivity index (χ0v) is 30.3. The van der Waals surface area contributed by atoms with Crippen LogP contribution in [0, 0.1) is 0 Å². The Kier molecular flexibility index (Phi) is 6.09. The summed E-state index contributed by atoms with van der Waals surface area (Å²) in [6, 6.07) is 58.1. The first kappa shape index (κ1) is 30.4. The molecule has 3 aromatic heterocycles. The van der Waals surface area contributed by atoms with Crippen molar-refractivity contribution in [2.75, 3.05) is 4.90 Å². The first-order valence-electron chi connectivity index (χ1n) is 18.8. The lowest BCUT2D eigenvalue weighted by molar-refractivity contribution is 0.660. The Hall–Kier alpha value is -7.04. The monoisotopic (exact) mass is 707 g/mol. The highest BCUT2D eigenvalue weighted by atomic mass is 16.3. The Morgan fingerprint density at radius 3 is 1.91 bits per heavy atom. The minimum Gasteiger partial charge on any atom is -0.456 e. The van der Waals surface area contributed by atoms with Gasteiger partial charge in [-0.2, -0.15) is 0 Å². The van der Waals surface area contributed by atoms with Crippen molar-refractivity contribution < 1.29 is 13.3 Å². The van der Waals surface area contributed by atoms with Crippen molar-refractivity contribution in [3.05, 3.63) is 175 Å². The molecular weight excluding hydrogens is 675 g/mol. The molecule has 0 bridgehead atoms. The average molecular weight is 708 g/mol. The van der Waals surface area contributed by atoms with Gasteiger partial charge in [0.2, 0.25) is 0 Å². The maximum Gasteiger partial charge on any atom is 0.159 e. The van der Waals surface area contributed by atoms with Gasteiger partial charge in [-0.1, -0.05) is 111 Å². The molecule has 0 atom stereocenters. The van der Waals surface area contributed by atoms with Gasteiger partial charge < -0.3 is 18.2 Å². The topological polar surface area (TPSA) is 42.7 Å². The van der Waals surface area contributed by atoms with Crippen LogP contribution in [0.1, 0.15) is 25.0 Å². The summed E-state index contributed by atoms with van der Waals surface area (Å²) in [6.45, 7) is 4.66. The third-order valence-corrected chi connectivity index (χ3v) is 11.9. The summed E-state index contributed by atoms with van der Waals surface area (Å²) in [5.74, 6) is 0. The molecule has 1 aliphatic carbocycles. The molecule has 8 aromatic carbocycles. The number of hydrogen-bond acceptors (Lipinski definition) is 4. The Balaban J connectivity index is 1.07. The summed E-state index contributed by atoms with van der Waals surface area (Å²) in [7, 11) is 0. The van der Waals surface area contributed by atoms with Gasteiger partial charge in [-0.15, -0.1) is 0 Å². The van der Waals surface area contributed by atoms with E-state index in [4.69, 9.17) is 13.3 Å². The van der Waals surface area contributed by atoms with Crippen LogP contribution in [0.25, 0.3) is 88.1 Å². The van der Waals surface area contributed by atoms with Crippen molar-refractivity contribution in [1.82, 2.24) is 0 Å². The largest absolute Gasteiger partial charge is 0.456 e. The maximum atomic E-state index is 6.68. The first-order valence-corrected chi connectivity index (χ1v) is 18.8. The fourth-order valence-corrected chi connectivity index (χ4v) is 9.15. The van der Waals surface area contributed by atoms with E-state index in [0.29, 0.717) is 0 Å². The van der Waals surface area contributed by atoms with Gasteiger partial charge in [-0.3, -0.25) is 0 Å². The Bertz CT molecular complexity index is 3360. The normalized spacial score (nSPS) is 13.4. The summed E-state index contributed by atoms with van der Waals surface area (Å²) in [6.07, 6.45) is 0. The molecule has 0 amide bonds. The second kappa shape index (κ2) is 11.0. The van der Waals surface area contributed by atoms with E-state index in [1.165, 1.54) is 22.3 Å². The number of para-hydroxylation sites is 2. The molecule has 4 nitrogen and oxygen atoms in total. The van der Waals surface area contributed by atoms with Crippen LogP contribution < -0.4 is 4.90 Å². The number of benzene rings is 8. The molecule has 4 heteroatoms. The molecule has 260 valence electrons. The fourth-order valence-electron chi connectivity index (χ4n) is 9.15. The van der Waals surface area contributed by atoms with Gasteiger partial charge in [0.1, 0.15) is 27.9 Å². The van der Waals surface area contributed by atoms with E-state index >= 15 is 0 Å². The molecule has 0 aliphatic heterocycles. The van der Waals surface area contributed by atoms with Gasteiger partial charge in [0.15, 0.2) is 5.58 Å². The van der Waals surface area contributed by atoms with E-state index in [1.54, 1.807) is 0 Å². The molecular formula is C51H33NO3. The van der Waals surface area contributed by atoms with Gasteiger partial charge in [0.25, 0.3) is 0 Å². The van der Waals surface area contributed by atoms with Gasteiger partial charge in [0, 0.05) is 49.1 Å². The number of anilines is 3. The third kappa shape index (κ3) is 4.34. The van der Waals surface area contributed by atoms with Crippen molar-refractivity contribution in [3.8, 4) is 22.3 Å². The molecule has 0 fully saturated rings. The number of furan rings is 3. The van der Waals surface area contributed by atoms with Crippen molar-refractivity contribution in [2.45, 2.75) is 19.3 Å². The SMILES string of the molecule is CC1(C)c2ccccc2-c2ccc(N(c3ccc4oc5cc6c(cc5c4c3)oc3cc(-c4ccccc4)ccc36)c3cccc4c3oc3ccccc34)cc21. The second-order valence-electron chi connectivity index (χ2n) is 15.3. The minimum atomic E-state index is -0.149. The molecule has 0 spiro atoms. The lowest BCUT2D eigenvalue weighted by atomic mass is 9.82. The van der Waals surface area contributed by atoms with Crippen LogP contribution in [0.5, 0.6) is 0 Å². The van der Waals surface area contributed by atoms with E-state index < -0.39 is 0 Å². The minimum absolute atomic E-state index is 0.149. The Labute approximate surface area is 316 Å². The summed E-state index contributed by atoms with van der Waals surface area (Å²) >= 11 is 0. The smallest absolute Gasteiger partial charge is 0.159 e. The number of nitrogens with zero attached hydrogens (tertiary/aromatic N) is 1. The highest BCUT2D eigenvalue weighted by Crippen LogP contribution is 2.52. The standard InChI is InChI=1S/C51H33NO3/c1-51(2)42-16-8-6-13-34(42)35-23-20-33(27-43(35)51)52(44-17-10-15-38-36-14-7-9-18-45(36)55-50(38)44)32-21-24-46-39(26-32)41-29-48-40(28-49(41)53-46)37-22-19-31(25-47(37)54-48)30-11-4-3-5-12-30/h3-29H,1-2H3. The highest BCUT2D eigenvalue weighted by Gasteiger charge is 2.36. The molecule has 55 heavy (non-hydrogen) atoms. The van der Waals surface area contributed by atoms with Crippen LogP contribution in [-0.2, 0) is 5.41 Å². The molecule has 0 saturated heterocycles. The zero-order chi connectivity index (χ0) is 36.4. The van der Waals surface area contributed by atoms with Crippen LogP contribution in [0.3, 0.4) is 0 Å². The number of rotatable bonds is 4. The predicted octanol–water partition coefficient (Wildman–Crippen LogP) is 14.8. The molecule has 3 heterocycles. The molecule has 11 aromatic rings. The second-order valence-corrected chi connectivity index (χ2v) is 15.3. The van der Waals surface area contributed by atoms with Gasteiger partial charge >= 0.3 is 0 Å². The van der Waals surface area contributed by atoms with Crippen molar-refractivity contribution in [1.29, 1.82) is 0 Å². The lowest BCUT2D eigenvalue weighted by Gasteiger charge is -2.28. The third-order valence-electron chi connectivity index (χ3n) is 11.9. The predicted molar refractivity (Wildman–Crippen MR) is 226 cm³/mol. The Morgan fingerprint density at radius 2 is 1.02 bits per heavy atom. The lowest BCUT2D eigenvalue weighted by Crippen LogP contribution is -2.16. The van der Waals surface area contributed by atoms with Crippen LogP contribution in [0.2, 0.25) is 0 Å². The molecule has 0 unspecified atom stereocenters. The summed E-state index contributed by atoms with van der Waals surface area (Å²) in [5, 5.41) is 6.34. The van der Waals surface area contributed by atoms with E-state index in [1.807, 2.05) is 18.2 Å². The fraction of sp³-hybridized carbons (Fsp3) is 0.0588. The van der Waals surface area contributed by atoms with E-state index in [0.717, 1.165) is 94.0 Å². The van der Waals surface area contributed by atoms with Crippen LogP contribution in [-0.4, -0.2) is 0 Å². The van der Waals surface area contributed by atoms with E-state index in [2.05, 4.69) is 164 Å². The van der Waals surface area contributed by atoms with Gasteiger partial charge in [0.05, 0.1) is 5.69 Å². The van der Waals surface area contributed by atoms with Crippen molar-refractivity contribution in [2.24, 2.45) is 0 Å². The molecule has 1 aliphatic rings. The quantitative estimate of drug-likeness (QED) is 0.183. The zero-order valence-electron chi connectivity index (χ0n) is 30.3. The highest BCUT2D eigenvalue weighted by molar-refractivity contribution is 6.16. The van der Waals surface area contributed by atoms with Gasteiger partial charge in [-0.05, 0) is 100 Å². The van der Waals surface area contributed by atoms with Gasteiger partial charge in [-0.25, -0.2) is 0 Å². The maximum absolute atomic E-state index is 6.68. The van der Waals surface area contributed by atoms with Crippen LogP contribution in [0.15, 0.2) is 177 Å². The summed E-state index contributed by atoms with van der Waals surface area (Å²) in [5.41, 5.74) is 15.5. The molecule has 12 rings (SSSR count). The molecule has 0 saturated carbocycles. The summed E-state index contributed by atoms with van der Waals surface area (Å²) in [4.78, 5) is 2.34.